The summed E-state index contributed by atoms with van der Waals surface area (Å²) in [5.74, 6) is 1.68. The SMILES string of the molecule is COc1ccc(OCc2ccccn2)c(CNCC(C)(C)N(C)C)c1. The minimum Gasteiger partial charge on any atom is -0.497 e. The Morgan fingerprint density at radius 2 is 1.96 bits per heavy atom. The summed E-state index contributed by atoms with van der Waals surface area (Å²) in [7, 11) is 5.86. The first kappa shape index (κ1) is 19.2. The summed E-state index contributed by atoms with van der Waals surface area (Å²) >= 11 is 0. The molecule has 5 nitrogen and oxygen atoms in total. The number of likely N-dealkylation sites (N-methyl/N-ethyl adjacent to an activating group) is 1. The van der Waals surface area contributed by atoms with E-state index in [1.54, 1.807) is 13.3 Å². The number of methoxy groups -OCH3 is 1. The van der Waals surface area contributed by atoms with Gasteiger partial charge in [-0.2, -0.15) is 0 Å². The number of hydrogen-bond donors (Lipinski definition) is 1. The molecule has 1 N–H and O–H groups in total. The van der Waals surface area contributed by atoms with Gasteiger partial charge in [0.25, 0.3) is 0 Å². The molecule has 0 unspecified atom stereocenters. The molecule has 0 bridgehead atoms. The molecule has 0 spiro atoms. The van der Waals surface area contributed by atoms with Gasteiger partial charge in [0.1, 0.15) is 18.1 Å². The van der Waals surface area contributed by atoms with Crippen LogP contribution < -0.4 is 14.8 Å². The number of nitrogens with one attached hydrogen (secondary N) is 1. The molecule has 0 aliphatic rings. The summed E-state index contributed by atoms with van der Waals surface area (Å²) in [6.45, 7) is 6.46. The number of nitrogens with zero attached hydrogens (tertiary/aromatic N) is 2. The standard InChI is InChI=1S/C20H29N3O2/c1-20(2,23(3)4)15-21-13-16-12-18(24-5)9-10-19(16)25-14-17-8-6-7-11-22-17/h6-12,21H,13-15H2,1-5H3. The van der Waals surface area contributed by atoms with Gasteiger partial charge in [-0.25, -0.2) is 0 Å². The van der Waals surface area contributed by atoms with Crippen molar-refractivity contribution in [3.8, 4) is 11.5 Å². The molecule has 1 aromatic heterocycles. The van der Waals surface area contributed by atoms with Gasteiger partial charge in [-0.15, -0.1) is 0 Å². The molecule has 1 heterocycles. The van der Waals surface area contributed by atoms with Crippen LogP contribution in [-0.2, 0) is 13.2 Å². The lowest BCUT2D eigenvalue weighted by Crippen LogP contribution is -2.46. The number of pyridine rings is 1. The molecule has 0 aliphatic heterocycles. The minimum atomic E-state index is 0.0772. The molecule has 2 aromatic rings. The molecule has 0 amide bonds. The molecule has 136 valence electrons. The molecule has 25 heavy (non-hydrogen) atoms. The van der Waals surface area contributed by atoms with Crippen molar-refractivity contribution in [2.24, 2.45) is 0 Å². The van der Waals surface area contributed by atoms with E-state index < -0.39 is 0 Å². The highest BCUT2D eigenvalue weighted by Gasteiger charge is 2.19. The quantitative estimate of drug-likeness (QED) is 0.758. The molecule has 0 atom stereocenters. The fourth-order valence-electron chi connectivity index (χ4n) is 2.26. The van der Waals surface area contributed by atoms with Crippen molar-refractivity contribution >= 4 is 0 Å². The predicted octanol–water partition coefficient (Wildman–Crippen LogP) is 3.10. The van der Waals surface area contributed by atoms with Crippen molar-refractivity contribution in [3.05, 3.63) is 53.9 Å². The Bertz CT molecular complexity index is 657. The fraction of sp³-hybridized carbons (Fsp3) is 0.450. The zero-order valence-electron chi connectivity index (χ0n) is 15.9. The van der Waals surface area contributed by atoms with E-state index in [9.17, 15) is 0 Å². The zero-order valence-corrected chi connectivity index (χ0v) is 15.9. The van der Waals surface area contributed by atoms with E-state index >= 15 is 0 Å². The van der Waals surface area contributed by atoms with Crippen molar-refractivity contribution < 1.29 is 9.47 Å². The second-order valence-electron chi connectivity index (χ2n) is 6.89. The summed E-state index contributed by atoms with van der Waals surface area (Å²) in [5.41, 5.74) is 2.06. The van der Waals surface area contributed by atoms with Crippen LogP contribution in [-0.4, -0.2) is 43.2 Å². The average molecular weight is 343 g/mol. The number of aromatic nitrogens is 1. The summed E-state index contributed by atoms with van der Waals surface area (Å²) in [6, 6.07) is 11.7. The van der Waals surface area contributed by atoms with Crippen molar-refractivity contribution in [2.45, 2.75) is 32.5 Å². The van der Waals surface area contributed by atoms with Crippen LogP contribution in [0.2, 0.25) is 0 Å². The van der Waals surface area contributed by atoms with E-state index in [1.807, 2.05) is 36.4 Å². The second kappa shape index (κ2) is 8.83. The summed E-state index contributed by atoms with van der Waals surface area (Å²) < 4.78 is 11.3. The highest BCUT2D eigenvalue weighted by atomic mass is 16.5. The monoisotopic (exact) mass is 343 g/mol. The highest BCUT2D eigenvalue weighted by Crippen LogP contribution is 2.25. The maximum absolute atomic E-state index is 5.98. The summed E-state index contributed by atoms with van der Waals surface area (Å²) in [5, 5.41) is 3.52. The van der Waals surface area contributed by atoms with Gasteiger partial charge in [-0.1, -0.05) is 6.07 Å². The second-order valence-corrected chi connectivity index (χ2v) is 6.89. The number of rotatable bonds is 9. The molecule has 1 aromatic carbocycles. The van der Waals surface area contributed by atoms with E-state index in [0.717, 1.165) is 29.3 Å². The Labute approximate surface area is 151 Å². The van der Waals surface area contributed by atoms with E-state index in [2.05, 4.69) is 43.1 Å². The molecule has 0 aliphatic carbocycles. The van der Waals surface area contributed by atoms with E-state index in [4.69, 9.17) is 9.47 Å². The van der Waals surface area contributed by atoms with Gasteiger partial charge in [0.15, 0.2) is 0 Å². The number of hydrogen-bond acceptors (Lipinski definition) is 5. The van der Waals surface area contributed by atoms with Gasteiger partial charge < -0.3 is 19.7 Å². The third-order valence-corrected chi connectivity index (χ3v) is 4.45. The van der Waals surface area contributed by atoms with Gasteiger partial charge in [0, 0.05) is 30.4 Å². The molecule has 5 heteroatoms. The maximum atomic E-state index is 5.98. The van der Waals surface area contributed by atoms with Crippen LogP contribution in [0.1, 0.15) is 25.1 Å². The smallest absolute Gasteiger partial charge is 0.130 e. The number of ether oxygens (including phenoxy) is 2. The normalized spacial score (nSPS) is 11.6. The van der Waals surface area contributed by atoms with Crippen LogP contribution in [0.4, 0.5) is 0 Å². The molecular formula is C20H29N3O2. The molecular weight excluding hydrogens is 314 g/mol. The van der Waals surface area contributed by atoms with Crippen LogP contribution in [0.15, 0.2) is 42.6 Å². The van der Waals surface area contributed by atoms with Crippen LogP contribution in [0.25, 0.3) is 0 Å². The average Bonchev–Trinajstić information content (AvgIpc) is 2.61. The van der Waals surface area contributed by atoms with Gasteiger partial charge in [-0.05, 0) is 58.3 Å². The lowest BCUT2D eigenvalue weighted by Gasteiger charge is -2.32. The largest absolute Gasteiger partial charge is 0.497 e. The maximum Gasteiger partial charge on any atom is 0.130 e. The van der Waals surface area contributed by atoms with Gasteiger partial charge in [-0.3, -0.25) is 4.98 Å². The first-order valence-electron chi connectivity index (χ1n) is 8.50. The number of benzene rings is 1. The van der Waals surface area contributed by atoms with Gasteiger partial charge in [0.05, 0.1) is 12.8 Å². The molecule has 0 radical (unpaired) electrons. The molecule has 0 saturated carbocycles. The van der Waals surface area contributed by atoms with E-state index in [1.165, 1.54) is 0 Å². The molecule has 2 rings (SSSR count). The fourth-order valence-corrected chi connectivity index (χ4v) is 2.26. The van der Waals surface area contributed by atoms with E-state index in [0.29, 0.717) is 13.2 Å². The minimum absolute atomic E-state index is 0.0772. The highest BCUT2D eigenvalue weighted by molar-refractivity contribution is 5.40. The van der Waals surface area contributed by atoms with Crippen LogP contribution >= 0.6 is 0 Å². The van der Waals surface area contributed by atoms with E-state index in [-0.39, 0.29) is 5.54 Å². The Morgan fingerprint density at radius 1 is 1.16 bits per heavy atom. The first-order chi connectivity index (χ1) is 11.9. The van der Waals surface area contributed by atoms with Crippen molar-refractivity contribution in [1.82, 2.24) is 15.2 Å². The van der Waals surface area contributed by atoms with Gasteiger partial charge >= 0.3 is 0 Å². The zero-order chi connectivity index (χ0) is 18.3. The Morgan fingerprint density at radius 3 is 2.60 bits per heavy atom. The third kappa shape index (κ3) is 5.73. The Hall–Kier alpha value is -2.11. The van der Waals surface area contributed by atoms with Crippen LogP contribution in [0, 0.1) is 0 Å². The summed E-state index contributed by atoms with van der Waals surface area (Å²) in [6.07, 6.45) is 1.78. The van der Waals surface area contributed by atoms with Crippen molar-refractivity contribution in [1.29, 1.82) is 0 Å². The van der Waals surface area contributed by atoms with Crippen LogP contribution in [0.5, 0.6) is 11.5 Å². The molecule has 0 saturated heterocycles. The lowest BCUT2D eigenvalue weighted by molar-refractivity contribution is 0.189. The summed E-state index contributed by atoms with van der Waals surface area (Å²) in [4.78, 5) is 6.51. The molecule has 0 fully saturated rings. The van der Waals surface area contributed by atoms with Crippen molar-refractivity contribution in [2.75, 3.05) is 27.7 Å². The van der Waals surface area contributed by atoms with Crippen molar-refractivity contribution in [3.63, 3.8) is 0 Å². The first-order valence-corrected chi connectivity index (χ1v) is 8.50. The van der Waals surface area contributed by atoms with Crippen LogP contribution in [0.3, 0.4) is 0 Å². The Balaban J connectivity index is 2.04. The third-order valence-electron chi connectivity index (χ3n) is 4.45. The topological polar surface area (TPSA) is 46.6 Å². The Kier molecular flexibility index (Phi) is 6.79. The predicted molar refractivity (Wildman–Crippen MR) is 101 cm³/mol. The van der Waals surface area contributed by atoms with Gasteiger partial charge in [0.2, 0.25) is 0 Å². The lowest BCUT2D eigenvalue weighted by atomic mass is 10.0.